The number of halogens is 1. The molecule has 0 aromatic rings. The van der Waals surface area contributed by atoms with Crippen LogP contribution in [0.5, 0.6) is 0 Å². The van der Waals surface area contributed by atoms with Crippen LogP contribution in [0.1, 0.15) is 40.5 Å². The highest BCUT2D eigenvalue weighted by molar-refractivity contribution is 14.0. The standard InChI is InChI=1S/C14H32N4.HI/c1-8-12(9-2)10-16-13(15-5)17-11-14(3,4)18(6)7;/h12H,8-11H2,1-7H3,(H2,15,16,17);1H. The molecule has 116 valence electrons. The molecule has 0 bridgehead atoms. The summed E-state index contributed by atoms with van der Waals surface area (Å²) >= 11 is 0. The third-order valence-corrected chi connectivity index (χ3v) is 3.84. The molecule has 0 atom stereocenters. The Labute approximate surface area is 136 Å². The van der Waals surface area contributed by atoms with Crippen LogP contribution < -0.4 is 10.6 Å². The van der Waals surface area contributed by atoms with Gasteiger partial charge in [0.15, 0.2) is 5.96 Å². The van der Waals surface area contributed by atoms with Crippen molar-refractivity contribution in [1.29, 1.82) is 0 Å². The predicted molar refractivity (Wildman–Crippen MR) is 96.6 cm³/mol. The molecule has 0 amide bonds. The molecule has 2 N–H and O–H groups in total. The van der Waals surface area contributed by atoms with Crippen LogP contribution in [0.2, 0.25) is 0 Å². The van der Waals surface area contributed by atoms with Crippen LogP contribution in [0.15, 0.2) is 4.99 Å². The third kappa shape index (κ3) is 8.68. The van der Waals surface area contributed by atoms with Crippen LogP contribution in [0, 0.1) is 5.92 Å². The second-order valence-corrected chi connectivity index (χ2v) is 5.70. The van der Waals surface area contributed by atoms with Gasteiger partial charge in [-0.05, 0) is 33.9 Å². The van der Waals surface area contributed by atoms with E-state index in [9.17, 15) is 0 Å². The number of hydrogen-bond acceptors (Lipinski definition) is 2. The van der Waals surface area contributed by atoms with Gasteiger partial charge in [0.1, 0.15) is 0 Å². The summed E-state index contributed by atoms with van der Waals surface area (Å²) in [5.41, 5.74) is 0.118. The minimum Gasteiger partial charge on any atom is -0.356 e. The van der Waals surface area contributed by atoms with Crippen LogP contribution in [0.25, 0.3) is 0 Å². The van der Waals surface area contributed by atoms with Crippen molar-refractivity contribution >= 4 is 29.9 Å². The molecular weight excluding hydrogens is 351 g/mol. The van der Waals surface area contributed by atoms with Crippen molar-refractivity contribution < 1.29 is 0 Å². The summed E-state index contributed by atoms with van der Waals surface area (Å²) in [6.45, 7) is 10.8. The van der Waals surface area contributed by atoms with Gasteiger partial charge in [0.25, 0.3) is 0 Å². The lowest BCUT2D eigenvalue weighted by atomic mass is 10.0. The van der Waals surface area contributed by atoms with E-state index < -0.39 is 0 Å². The fraction of sp³-hybridized carbons (Fsp3) is 0.929. The molecule has 0 saturated carbocycles. The Balaban J connectivity index is 0. The normalized spacial score (nSPS) is 12.6. The average Bonchev–Trinajstić information content (AvgIpc) is 2.33. The molecule has 0 heterocycles. The Morgan fingerprint density at radius 2 is 1.68 bits per heavy atom. The topological polar surface area (TPSA) is 39.7 Å². The number of hydrogen-bond donors (Lipinski definition) is 2. The van der Waals surface area contributed by atoms with E-state index in [1.807, 2.05) is 7.05 Å². The number of likely N-dealkylation sites (N-methyl/N-ethyl adjacent to an activating group) is 1. The van der Waals surface area contributed by atoms with Crippen molar-refractivity contribution in [2.45, 2.75) is 46.1 Å². The van der Waals surface area contributed by atoms with E-state index in [4.69, 9.17) is 0 Å². The summed E-state index contributed by atoms with van der Waals surface area (Å²) in [6.07, 6.45) is 2.42. The molecule has 0 aliphatic carbocycles. The van der Waals surface area contributed by atoms with E-state index in [-0.39, 0.29) is 29.5 Å². The van der Waals surface area contributed by atoms with E-state index in [0.717, 1.165) is 25.0 Å². The lowest BCUT2D eigenvalue weighted by Gasteiger charge is -2.33. The zero-order chi connectivity index (χ0) is 14.2. The van der Waals surface area contributed by atoms with Crippen molar-refractivity contribution in [1.82, 2.24) is 15.5 Å². The van der Waals surface area contributed by atoms with Crippen LogP contribution in [0.3, 0.4) is 0 Å². The molecule has 19 heavy (non-hydrogen) atoms. The Morgan fingerprint density at radius 1 is 1.16 bits per heavy atom. The molecule has 0 unspecified atom stereocenters. The number of aliphatic imine (C=N–C) groups is 1. The van der Waals surface area contributed by atoms with Crippen molar-refractivity contribution in [3.8, 4) is 0 Å². The minimum absolute atomic E-state index is 0. The van der Waals surface area contributed by atoms with Gasteiger partial charge in [0.2, 0.25) is 0 Å². The lowest BCUT2D eigenvalue weighted by Crippen LogP contribution is -2.51. The van der Waals surface area contributed by atoms with Gasteiger partial charge in [0, 0.05) is 25.7 Å². The quantitative estimate of drug-likeness (QED) is 0.403. The third-order valence-electron chi connectivity index (χ3n) is 3.84. The molecule has 0 fully saturated rings. The van der Waals surface area contributed by atoms with E-state index in [0.29, 0.717) is 0 Å². The highest BCUT2D eigenvalue weighted by atomic mass is 127. The minimum atomic E-state index is 0. The molecule has 0 aromatic carbocycles. The smallest absolute Gasteiger partial charge is 0.191 e. The second kappa shape index (κ2) is 10.7. The first kappa shape index (κ1) is 21.3. The maximum Gasteiger partial charge on any atom is 0.191 e. The van der Waals surface area contributed by atoms with E-state index in [1.165, 1.54) is 12.8 Å². The Hall–Kier alpha value is -0.0400. The molecule has 4 nitrogen and oxygen atoms in total. The van der Waals surface area contributed by atoms with Crippen LogP contribution >= 0.6 is 24.0 Å². The largest absolute Gasteiger partial charge is 0.356 e. The monoisotopic (exact) mass is 384 g/mol. The Kier molecular flexibility index (Phi) is 12.0. The summed E-state index contributed by atoms with van der Waals surface area (Å²) < 4.78 is 0. The van der Waals surface area contributed by atoms with Crippen LogP contribution in [0.4, 0.5) is 0 Å². The SMILES string of the molecule is CCC(CC)CNC(=NC)NCC(C)(C)N(C)C.I. The van der Waals surface area contributed by atoms with Crippen molar-refractivity contribution in [2.24, 2.45) is 10.9 Å². The molecule has 0 aliphatic rings. The maximum atomic E-state index is 4.27. The molecule has 0 saturated heterocycles. The zero-order valence-electron chi connectivity index (χ0n) is 13.7. The molecule has 0 aromatic heterocycles. The van der Waals surface area contributed by atoms with Gasteiger partial charge >= 0.3 is 0 Å². The molecular formula is C14H33IN4. The first-order valence-corrected chi connectivity index (χ1v) is 6.99. The highest BCUT2D eigenvalue weighted by Crippen LogP contribution is 2.08. The van der Waals surface area contributed by atoms with E-state index >= 15 is 0 Å². The van der Waals surface area contributed by atoms with Gasteiger partial charge in [-0.3, -0.25) is 4.99 Å². The molecule has 0 radical (unpaired) electrons. The van der Waals surface area contributed by atoms with Crippen LogP contribution in [-0.4, -0.2) is 50.6 Å². The highest BCUT2D eigenvalue weighted by Gasteiger charge is 2.20. The van der Waals surface area contributed by atoms with Gasteiger partial charge in [-0.1, -0.05) is 26.7 Å². The summed E-state index contributed by atoms with van der Waals surface area (Å²) in [4.78, 5) is 6.48. The molecule has 0 spiro atoms. The predicted octanol–water partition coefficient (Wildman–Crippen LogP) is 2.55. The number of rotatable bonds is 7. The summed E-state index contributed by atoms with van der Waals surface area (Å²) in [6, 6.07) is 0. The molecule has 0 rings (SSSR count). The van der Waals surface area contributed by atoms with Crippen molar-refractivity contribution in [2.75, 3.05) is 34.2 Å². The van der Waals surface area contributed by atoms with Crippen LogP contribution in [-0.2, 0) is 0 Å². The van der Waals surface area contributed by atoms with Crippen molar-refractivity contribution in [3.05, 3.63) is 0 Å². The van der Waals surface area contributed by atoms with Gasteiger partial charge in [-0.2, -0.15) is 0 Å². The second-order valence-electron chi connectivity index (χ2n) is 5.70. The van der Waals surface area contributed by atoms with Gasteiger partial charge in [-0.25, -0.2) is 0 Å². The van der Waals surface area contributed by atoms with E-state index in [2.05, 4.69) is 62.3 Å². The number of guanidine groups is 1. The summed E-state index contributed by atoms with van der Waals surface area (Å²) in [5.74, 6) is 1.63. The fourth-order valence-corrected chi connectivity index (χ4v) is 1.50. The number of nitrogens with one attached hydrogen (secondary N) is 2. The van der Waals surface area contributed by atoms with Crippen molar-refractivity contribution in [3.63, 3.8) is 0 Å². The van der Waals surface area contributed by atoms with Gasteiger partial charge in [0.05, 0.1) is 0 Å². The first-order chi connectivity index (χ1) is 8.37. The van der Waals surface area contributed by atoms with Gasteiger partial charge in [-0.15, -0.1) is 24.0 Å². The molecule has 5 heteroatoms. The number of nitrogens with zero attached hydrogens (tertiary/aromatic N) is 2. The zero-order valence-corrected chi connectivity index (χ0v) is 16.0. The average molecular weight is 384 g/mol. The fourth-order valence-electron chi connectivity index (χ4n) is 1.50. The Morgan fingerprint density at radius 3 is 2.05 bits per heavy atom. The lowest BCUT2D eigenvalue weighted by molar-refractivity contribution is 0.197. The first-order valence-electron chi connectivity index (χ1n) is 6.99. The van der Waals surface area contributed by atoms with E-state index in [1.54, 1.807) is 0 Å². The molecule has 0 aliphatic heterocycles. The summed E-state index contributed by atoms with van der Waals surface area (Å²) in [5, 5.41) is 6.80. The van der Waals surface area contributed by atoms with Gasteiger partial charge < -0.3 is 15.5 Å². The Bertz CT molecular complexity index is 248. The summed E-state index contributed by atoms with van der Waals surface area (Å²) in [7, 11) is 6.02. The maximum absolute atomic E-state index is 4.27.